The lowest BCUT2D eigenvalue weighted by molar-refractivity contribution is -0.290. The van der Waals surface area contributed by atoms with E-state index < -0.39 is 55.2 Å². The third kappa shape index (κ3) is 3.31. The van der Waals surface area contributed by atoms with Crippen molar-refractivity contribution in [2.75, 3.05) is 5.75 Å². The van der Waals surface area contributed by atoms with Crippen molar-refractivity contribution in [3.05, 3.63) is 28.8 Å². The van der Waals surface area contributed by atoms with Crippen molar-refractivity contribution >= 4 is 15.8 Å². The van der Waals surface area contributed by atoms with Crippen LogP contribution in [0.5, 0.6) is 0 Å². The fourth-order valence-electron chi connectivity index (χ4n) is 2.08. The zero-order valence-electron chi connectivity index (χ0n) is 12.0. The monoisotopic (exact) mass is 360 g/mol. The minimum absolute atomic E-state index is 0.207. The first-order valence-electron chi connectivity index (χ1n) is 6.38. The maximum Gasteiger partial charge on any atom is 0.458 e. The molecule has 0 amide bonds. The summed E-state index contributed by atoms with van der Waals surface area (Å²) in [7, 11) is -4.51. The van der Waals surface area contributed by atoms with E-state index in [0.717, 1.165) is 6.92 Å². The van der Waals surface area contributed by atoms with Crippen molar-refractivity contribution < 1.29 is 40.3 Å². The number of carboxylic acids is 1. The first-order chi connectivity index (χ1) is 10.3. The zero-order chi connectivity index (χ0) is 18.2. The molecule has 0 unspecified atom stereocenters. The quantitative estimate of drug-likeness (QED) is 0.817. The molecule has 0 fully saturated rings. The first-order valence-corrected chi connectivity index (χ1v) is 8.03. The lowest BCUT2D eigenvalue weighted by atomic mass is 9.98. The van der Waals surface area contributed by atoms with Crippen LogP contribution in [0.1, 0.15) is 35.3 Å². The van der Waals surface area contributed by atoms with Gasteiger partial charge in [-0.15, -0.1) is 0 Å². The van der Waals surface area contributed by atoms with Gasteiger partial charge in [-0.2, -0.15) is 22.0 Å². The second-order valence-electron chi connectivity index (χ2n) is 4.60. The number of alkyl halides is 5. The molecule has 0 aromatic heterocycles. The Morgan fingerprint density at radius 2 is 1.65 bits per heavy atom. The Morgan fingerprint density at radius 1 is 1.13 bits per heavy atom. The van der Waals surface area contributed by atoms with Crippen molar-refractivity contribution in [2.45, 2.75) is 37.3 Å². The molecule has 0 aliphatic carbocycles. The Bertz CT molecular complexity index is 723. The second kappa shape index (κ2) is 6.06. The van der Waals surface area contributed by atoms with Crippen LogP contribution in [0, 0.1) is 0 Å². The van der Waals surface area contributed by atoms with Crippen molar-refractivity contribution in [1.82, 2.24) is 0 Å². The lowest BCUT2D eigenvalue weighted by Gasteiger charge is -2.24. The number of halogens is 5. The Morgan fingerprint density at radius 3 is 2.00 bits per heavy atom. The number of carboxylic acid groups (broad SMARTS) is 1. The van der Waals surface area contributed by atoms with Gasteiger partial charge in [0, 0.05) is 5.56 Å². The van der Waals surface area contributed by atoms with E-state index in [-0.39, 0.29) is 12.5 Å². The molecule has 0 aliphatic rings. The zero-order valence-corrected chi connectivity index (χ0v) is 12.9. The highest BCUT2D eigenvalue weighted by Gasteiger charge is 2.60. The molecule has 1 aromatic carbocycles. The van der Waals surface area contributed by atoms with Crippen LogP contribution in [-0.4, -0.2) is 31.4 Å². The summed E-state index contributed by atoms with van der Waals surface area (Å²) in [5, 5.41) is 9.01. The van der Waals surface area contributed by atoms with Crippen molar-refractivity contribution in [3.63, 3.8) is 0 Å². The van der Waals surface area contributed by atoms with Crippen molar-refractivity contribution in [3.8, 4) is 0 Å². The van der Waals surface area contributed by atoms with Gasteiger partial charge in [0.25, 0.3) is 0 Å². The molecule has 0 atom stereocenters. The van der Waals surface area contributed by atoms with Gasteiger partial charge in [0.15, 0.2) is 9.84 Å². The Hall–Kier alpha value is -1.71. The van der Waals surface area contributed by atoms with Gasteiger partial charge < -0.3 is 5.11 Å². The SMILES string of the molecule is CCc1c(C(=O)O)ccc(C(F)(F)C(F)(F)F)c1S(=O)(=O)CC. The van der Waals surface area contributed by atoms with E-state index in [4.69, 9.17) is 5.11 Å². The van der Waals surface area contributed by atoms with Crippen LogP contribution in [0.3, 0.4) is 0 Å². The number of benzene rings is 1. The minimum Gasteiger partial charge on any atom is -0.478 e. The molecule has 1 aromatic rings. The summed E-state index contributed by atoms with van der Waals surface area (Å²) in [5.41, 5.74) is -2.95. The molecular formula is C13H13F5O4S. The molecule has 1 N–H and O–H groups in total. The van der Waals surface area contributed by atoms with Gasteiger partial charge in [-0.05, 0) is 18.1 Å². The predicted molar refractivity (Wildman–Crippen MR) is 70.5 cm³/mol. The van der Waals surface area contributed by atoms with Crippen LogP contribution in [0.15, 0.2) is 17.0 Å². The summed E-state index contributed by atoms with van der Waals surface area (Å²) in [6.45, 7) is 2.34. The smallest absolute Gasteiger partial charge is 0.458 e. The van der Waals surface area contributed by atoms with Gasteiger partial charge in [0.05, 0.1) is 16.2 Å². The number of rotatable bonds is 5. The third-order valence-electron chi connectivity index (χ3n) is 3.23. The predicted octanol–water partition coefficient (Wildman–Crippen LogP) is 3.39. The largest absolute Gasteiger partial charge is 0.478 e. The Balaban J connectivity index is 3.99. The molecule has 0 aliphatic heterocycles. The number of carbonyl (C=O) groups is 1. The van der Waals surface area contributed by atoms with Crippen LogP contribution in [0.25, 0.3) is 0 Å². The molecule has 0 spiro atoms. The molecule has 0 radical (unpaired) electrons. The van der Waals surface area contributed by atoms with E-state index >= 15 is 0 Å². The Kier molecular flexibility index (Phi) is 5.10. The second-order valence-corrected chi connectivity index (χ2v) is 6.82. The highest BCUT2D eigenvalue weighted by atomic mass is 32.2. The van der Waals surface area contributed by atoms with Gasteiger partial charge in [0.1, 0.15) is 0 Å². The van der Waals surface area contributed by atoms with Crippen LogP contribution < -0.4 is 0 Å². The molecule has 0 saturated heterocycles. The van der Waals surface area contributed by atoms with Crippen molar-refractivity contribution in [2.24, 2.45) is 0 Å². The average molecular weight is 360 g/mol. The van der Waals surface area contributed by atoms with Crippen molar-refractivity contribution in [1.29, 1.82) is 0 Å². The standard InChI is InChI=1S/C13H13F5O4S/c1-3-7-8(11(19)20)5-6-9(10(7)23(21,22)4-2)12(14,15)13(16,17)18/h5-6H,3-4H2,1-2H3,(H,19,20). The van der Waals surface area contributed by atoms with E-state index in [2.05, 4.69) is 0 Å². The van der Waals surface area contributed by atoms with E-state index in [1.54, 1.807) is 0 Å². The van der Waals surface area contributed by atoms with Gasteiger partial charge in [-0.3, -0.25) is 0 Å². The van der Waals surface area contributed by atoms with E-state index in [9.17, 15) is 35.2 Å². The molecule has 0 bridgehead atoms. The average Bonchev–Trinajstić information content (AvgIpc) is 2.44. The molecule has 0 heterocycles. The highest BCUT2D eigenvalue weighted by molar-refractivity contribution is 7.91. The topological polar surface area (TPSA) is 71.4 Å². The van der Waals surface area contributed by atoms with Gasteiger partial charge in [-0.1, -0.05) is 19.9 Å². The molecule has 1 rings (SSSR count). The fraction of sp³-hybridized carbons (Fsp3) is 0.462. The number of sulfone groups is 1. The summed E-state index contributed by atoms with van der Waals surface area (Å²) >= 11 is 0. The lowest BCUT2D eigenvalue weighted by Crippen LogP contribution is -2.35. The molecule has 130 valence electrons. The van der Waals surface area contributed by atoms with Crippen LogP contribution >= 0.6 is 0 Å². The van der Waals surface area contributed by atoms with Gasteiger partial charge in [0.2, 0.25) is 0 Å². The molecule has 4 nitrogen and oxygen atoms in total. The van der Waals surface area contributed by atoms with Crippen LogP contribution in [0.2, 0.25) is 0 Å². The first kappa shape index (κ1) is 19.3. The normalized spacial score (nSPS) is 13.2. The van der Waals surface area contributed by atoms with Crippen LogP contribution in [0.4, 0.5) is 22.0 Å². The van der Waals surface area contributed by atoms with E-state index in [1.807, 2.05) is 0 Å². The Labute approximate surface area is 128 Å². The summed E-state index contributed by atoms with van der Waals surface area (Å²) in [6, 6.07) is 0.767. The molecule has 0 saturated carbocycles. The fourth-order valence-corrected chi connectivity index (χ4v) is 3.53. The number of hydrogen-bond acceptors (Lipinski definition) is 3. The minimum atomic E-state index is -6.01. The van der Waals surface area contributed by atoms with E-state index in [1.165, 1.54) is 6.92 Å². The summed E-state index contributed by atoms with van der Waals surface area (Å²) in [4.78, 5) is 9.84. The van der Waals surface area contributed by atoms with Crippen LogP contribution in [-0.2, 0) is 22.2 Å². The number of hydrogen-bond donors (Lipinski definition) is 1. The van der Waals surface area contributed by atoms with Gasteiger partial charge >= 0.3 is 18.1 Å². The number of aromatic carboxylic acids is 1. The summed E-state index contributed by atoms with van der Waals surface area (Å²) in [6.07, 6.45) is -6.35. The highest BCUT2D eigenvalue weighted by Crippen LogP contribution is 2.47. The summed E-state index contributed by atoms with van der Waals surface area (Å²) < 4.78 is 89.4. The maximum absolute atomic E-state index is 13.7. The molecular weight excluding hydrogens is 347 g/mol. The maximum atomic E-state index is 13.7. The summed E-state index contributed by atoms with van der Waals surface area (Å²) in [5.74, 6) is -7.79. The molecule has 23 heavy (non-hydrogen) atoms. The third-order valence-corrected chi connectivity index (χ3v) is 5.08. The van der Waals surface area contributed by atoms with Gasteiger partial charge in [-0.25, -0.2) is 13.2 Å². The van der Waals surface area contributed by atoms with E-state index in [0.29, 0.717) is 6.07 Å². The molecule has 10 heteroatoms.